The van der Waals surface area contributed by atoms with Gasteiger partial charge in [-0.3, -0.25) is 63.3 Å². The molecule has 7 heterocycles. The van der Waals surface area contributed by atoms with Crippen molar-refractivity contribution in [3.8, 4) is 0 Å². The minimum Gasteiger partial charge on any atom is -0.330 e. The minimum atomic E-state index is -7.41. The van der Waals surface area contributed by atoms with Crippen LogP contribution >= 0.6 is 54.8 Å². The van der Waals surface area contributed by atoms with E-state index in [4.69, 9.17) is 12.9 Å². The fraction of sp³-hybridized carbons (Fsp3) is 1.00. The molecule has 0 amide bonds. The lowest BCUT2D eigenvalue weighted by Gasteiger charge is -2.44. The van der Waals surface area contributed by atoms with E-state index in [0.717, 1.165) is 33.9 Å². The summed E-state index contributed by atoms with van der Waals surface area (Å²) in [6, 6.07) is 0. The number of halogens is 32. The lowest BCUT2D eigenvalue weighted by atomic mass is 9.79. The summed E-state index contributed by atoms with van der Waals surface area (Å²) in [5, 5.41) is 0. The van der Waals surface area contributed by atoms with Gasteiger partial charge >= 0.3 is 139 Å². The van der Waals surface area contributed by atoms with Crippen molar-refractivity contribution in [3.63, 3.8) is 0 Å². The molecule has 28 nitrogen and oxygen atoms in total. The van der Waals surface area contributed by atoms with E-state index in [0.29, 0.717) is 7.11 Å². The lowest BCUT2D eigenvalue weighted by Crippen LogP contribution is -2.79. The van der Waals surface area contributed by atoms with E-state index in [1.165, 1.54) is 0 Å². The molecular formula is C37H55F32O28P7Si3. The zero-order chi connectivity index (χ0) is 85.4. The van der Waals surface area contributed by atoms with E-state index >= 15 is 0 Å². The van der Waals surface area contributed by atoms with E-state index in [1.54, 1.807) is 0 Å². The van der Waals surface area contributed by atoms with Crippen LogP contribution in [0.15, 0.2) is 0 Å². The third-order valence-electron chi connectivity index (χ3n) is 10.9. The average molecular weight is 1860 g/mol. The summed E-state index contributed by atoms with van der Waals surface area (Å²) in [6.45, 7) is 13.2. The number of phosphoric acid groups is 7. The number of phosphoric ester groups is 7. The van der Waals surface area contributed by atoms with Gasteiger partial charge in [-0.1, -0.05) is 0 Å². The highest BCUT2D eigenvalue weighted by molar-refractivity contribution is 7.51. The van der Waals surface area contributed by atoms with Gasteiger partial charge in [0.25, 0.3) is 0 Å². The third-order valence-corrected chi connectivity index (χ3v) is 28.7. The second kappa shape index (κ2) is 34.4. The van der Waals surface area contributed by atoms with E-state index < -0.39 is 189 Å². The molecule has 642 valence electrons. The van der Waals surface area contributed by atoms with Gasteiger partial charge in [-0.2, -0.15) is 123 Å². The Balaban J connectivity index is 0.000000649. The molecular weight excluding hydrogens is 1800 g/mol. The maximum absolute atomic E-state index is 13.2. The quantitative estimate of drug-likeness (QED) is 0.111. The minimum absolute atomic E-state index is 0.0683. The largest absolute Gasteiger partial charge is 0.484 e. The highest BCUT2D eigenvalue weighted by atomic mass is 31.2. The van der Waals surface area contributed by atoms with Crippen molar-refractivity contribution in [1.29, 1.82) is 0 Å². The summed E-state index contributed by atoms with van der Waals surface area (Å²) in [5.74, 6) is 0. The van der Waals surface area contributed by atoms with E-state index in [-0.39, 0.29) is 46.4 Å². The zero-order valence-corrected chi connectivity index (χ0v) is 64.0. The molecule has 8 unspecified atom stereocenters. The average Bonchev–Trinajstić information content (AvgIpc) is 1.54. The van der Waals surface area contributed by atoms with Crippen molar-refractivity contribution in [2.75, 3.05) is 54.9 Å². The Morgan fingerprint density at radius 1 is 0.290 bits per heavy atom. The highest BCUT2D eigenvalue weighted by Gasteiger charge is 3.03. The van der Waals surface area contributed by atoms with Crippen LogP contribution in [0.2, 0.25) is 58.9 Å². The fourth-order valence-corrected chi connectivity index (χ4v) is 23.5. The van der Waals surface area contributed by atoms with Crippen LogP contribution in [-0.2, 0) is 126 Å². The van der Waals surface area contributed by atoms with E-state index in [9.17, 15) is 172 Å². The molecule has 8 atom stereocenters. The Hall–Kier alpha value is -0.819. The Morgan fingerprint density at radius 3 is 0.664 bits per heavy atom. The second-order valence-corrected chi connectivity index (χ2v) is 48.2. The van der Waals surface area contributed by atoms with Crippen LogP contribution in [0.5, 0.6) is 0 Å². The summed E-state index contributed by atoms with van der Waals surface area (Å²) in [5.41, 5.74) is -28.3. The molecule has 0 N–H and O–H groups in total. The first-order chi connectivity index (χ1) is 46.8. The Bertz CT molecular complexity index is 3140. The van der Waals surface area contributed by atoms with Crippen molar-refractivity contribution in [2.24, 2.45) is 0 Å². The predicted octanol–water partition coefficient (Wildman–Crippen LogP) is 19.7. The van der Waals surface area contributed by atoms with Crippen LogP contribution in [0.25, 0.3) is 0 Å². The van der Waals surface area contributed by atoms with Gasteiger partial charge in [-0.15, -0.1) is 0 Å². The third kappa shape index (κ3) is 25.3. The first kappa shape index (κ1) is 104. The second-order valence-electron chi connectivity index (χ2n) is 22.7. The lowest BCUT2D eigenvalue weighted by molar-refractivity contribution is -0.464. The first-order valence-electron chi connectivity index (χ1n) is 26.7. The molecule has 107 heavy (non-hydrogen) atoms. The number of alkyl halides is 32. The molecule has 0 aromatic rings. The molecule has 7 aliphatic heterocycles. The van der Waals surface area contributed by atoms with E-state index in [2.05, 4.69) is 81.1 Å². The maximum Gasteiger partial charge on any atom is 0.484 e. The van der Waals surface area contributed by atoms with Crippen LogP contribution in [0, 0.1) is 0 Å². The van der Waals surface area contributed by atoms with Gasteiger partial charge in [0.1, 0.15) is 13.2 Å². The molecule has 0 saturated carbocycles. The monoisotopic (exact) mass is 1860 g/mol. The molecule has 70 heteroatoms. The van der Waals surface area contributed by atoms with Gasteiger partial charge in [-0.25, -0.2) is 67.6 Å². The maximum atomic E-state index is 13.2. The number of rotatable bonds is 10. The van der Waals surface area contributed by atoms with Crippen molar-refractivity contribution in [2.45, 2.75) is 181 Å². The summed E-state index contributed by atoms with van der Waals surface area (Å²) >= 11 is 0. The molecule has 0 aromatic carbocycles. The van der Waals surface area contributed by atoms with Crippen LogP contribution in [-0.4, -0.2) is 189 Å². The Kier molecular flexibility index (Phi) is 33.5. The van der Waals surface area contributed by atoms with Gasteiger partial charge in [0.15, 0.2) is 25.0 Å². The molecule has 0 bridgehead atoms. The fourth-order valence-electron chi connectivity index (χ4n) is 7.17. The van der Waals surface area contributed by atoms with Crippen LogP contribution in [0.4, 0.5) is 140 Å². The van der Waals surface area contributed by atoms with Crippen molar-refractivity contribution in [1.82, 2.24) is 0 Å². The normalized spacial score (nSPS) is 30.9. The van der Waals surface area contributed by atoms with Gasteiger partial charge in [0.2, 0.25) is 25.4 Å². The van der Waals surface area contributed by atoms with E-state index in [1.807, 2.05) is 39.3 Å². The molecule has 7 fully saturated rings. The van der Waals surface area contributed by atoms with Crippen LogP contribution in [0.3, 0.4) is 0 Å². The molecule has 7 aliphatic rings. The summed E-state index contributed by atoms with van der Waals surface area (Å²) in [6.07, 6.45) is -75.2. The first-order valence-corrected chi connectivity index (χ1v) is 47.2. The van der Waals surface area contributed by atoms with Crippen LogP contribution < -0.4 is 0 Å². The van der Waals surface area contributed by atoms with Crippen molar-refractivity contribution >= 4 is 79.7 Å². The Morgan fingerprint density at radius 2 is 0.477 bits per heavy atom. The van der Waals surface area contributed by atoms with Crippen molar-refractivity contribution in [3.05, 3.63) is 0 Å². The number of hydrogen-bond donors (Lipinski definition) is 0. The summed E-state index contributed by atoms with van der Waals surface area (Å²) in [7, 11) is -37.0. The molecule has 0 aliphatic carbocycles. The Labute approximate surface area is 581 Å². The SMILES string of the molecule is COP1(=O)OC(C(F)(F)F)(C(F)(F)F)C(C(F)(F)F)(C(F)(F)F)O1.COP1(=O)OC(F)(F)C(F)(F)O1.COP1(=O)OCC(F)O1.COP1(=O)OCCC(F)O1.C[Si](C)(C)OP1(=O)OC(C(F)(F)F)(C(F)(F)F)C(C(F)(F)F)(C(F)(F)F)O1.C[Si](C)(C)OP1(=O)OCC(F)O1.C[Si](C)(C)OP1(=O)OCCC(F)O1. The van der Waals surface area contributed by atoms with Gasteiger partial charge in [0.05, 0.1) is 13.2 Å². The molecule has 0 spiro atoms. The van der Waals surface area contributed by atoms with Crippen LogP contribution in [0.1, 0.15) is 12.8 Å². The molecule has 0 radical (unpaired) electrons. The number of hydrogen-bond acceptors (Lipinski definition) is 28. The highest BCUT2D eigenvalue weighted by Crippen LogP contribution is 2.80. The molecule has 7 rings (SSSR count). The zero-order valence-electron chi connectivity index (χ0n) is 54.7. The topological polar surface area (TPSA) is 313 Å². The molecule has 7 saturated heterocycles. The smallest absolute Gasteiger partial charge is 0.330 e. The molecule has 0 aromatic heterocycles. The van der Waals surface area contributed by atoms with Gasteiger partial charge in [-0.05, 0) is 58.9 Å². The standard InChI is InChI=1S/C9H9F12O4PSi.C7H3F12O4P.C6H14FO4PSi.C5H12FO4PSi.C4H8FO4P.C3H3F4O4P.C3H6FO4P/c1-27(2,3)25-26(22)23-4(6(10,11)12,7(13,14)15)5(24-26,8(16,17)18)9(19,20)21;1-21-24(20)22-2(4(8,9)10,5(11,12)13)3(23-24,6(14,15)16)7(17,18)19;1-13(2,3)11-12(8)9-5-4-6(7)10-12;1-12(2,3)10-11(7)8-4-5(6)9-11;1-7-10(6)8-3-2-4(5)9-10;1-9-12(8)10-2(4,5)3(6,7)11-12;1-6-9(5)7-2-3(4)8-9/h1-3H3;1H3;6H,4-5H2,1-3H3;5H,4H2,1-3H3;4H,2-3H2,1H3;1H3;3H,2H2,1H3. The van der Waals surface area contributed by atoms with Crippen molar-refractivity contribution < 1.29 is 267 Å². The summed E-state index contributed by atoms with van der Waals surface area (Å²) < 4.78 is 571. The predicted molar refractivity (Wildman–Crippen MR) is 287 cm³/mol. The van der Waals surface area contributed by atoms with Gasteiger partial charge < -0.3 is 12.6 Å². The van der Waals surface area contributed by atoms with Gasteiger partial charge in [0, 0.05) is 41.3 Å². The summed E-state index contributed by atoms with van der Waals surface area (Å²) in [4.78, 5) is 0.